The molecule has 0 bridgehead atoms. The molecule has 1 aliphatic rings. The number of amides is 1. The Labute approximate surface area is 122 Å². The van der Waals surface area contributed by atoms with Crippen molar-refractivity contribution in [3.63, 3.8) is 0 Å². The molecule has 108 valence electrons. The number of aromatic nitrogens is 1. The summed E-state index contributed by atoms with van der Waals surface area (Å²) in [5.74, 6) is -0.255. The molecule has 0 aliphatic carbocycles. The van der Waals surface area contributed by atoms with Crippen molar-refractivity contribution in [1.29, 1.82) is 0 Å². The zero-order valence-corrected chi connectivity index (χ0v) is 12.4. The zero-order chi connectivity index (χ0) is 14.9. The number of likely N-dealkylation sites (N-methyl/N-ethyl adjacent to an activating group) is 1. The summed E-state index contributed by atoms with van der Waals surface area (Å²) >= 11 is 4.79. The van der Waals surface area contributed by atoms with Gasteiger partial charge in [-0.15, -0.1) is 0 Å². The first-order valence-corrected chi connectivity index (χ1v) is 7.74. The molecule has 1 unspecified atom stereocenters. The van der Waals surface area contributed by atoms with Crippen molar-refractivity contribution in [2.24, 2.45) is 5.73 Å². The lowest BCUT2D eigenvalue weighted by atomic mass is 10.3. The third-order valence-electron chi connectivity index (χ3n) is 3.02. The van der Waals surface area contributed by atoms with Crippen LogP contribution in [0.5, 0.6) is 0 Å². The van der Waals surface area contributed by atoms with Gasteiger partial charge in [0.15, 0.2) is 0 Å². The second kappa shape index (κ2) is 5.43. The summed E-state index contributed by atoms with van der Waals surface area (Å²) in [7, 11) is -2.28. The van der Waals surface area contributed by atoms with Gasteiger partial charge >= 0.3 is 0 Å². The van der Waals surface area contributed by atoms with Gasteiger partial charge in [-0.3, -0.25) is 9.78 Å². The molecule has 0 aromatic carbocycles. The maximum Gasteiger partial charge on any atom is 0.243 e. The van der Waals surface area contributed by atoms with Crippen LogP contribution in [-0.2, 0) is 14.8 Å². The quantitative estimate of drug-likeness (QED) is 0.707. The Hall–Kier alpha value is -1.58. The Morgan fingerprint density at radius 2 is 2.30 bits per heavy atom. The van der Waals surface area contributed by atoms with E-state index >= 15 is 0 Å². The van der Waals surface area contributed by atoms with Crippen molar-refractivity contribution < 1.29 is 13.2 Å². The third kappa shape index (κ3) is 2.79. The predicted octanol–water partition coefficient (Wildman–Crippen LogP) is -0.775. The molecule has 1 saturated heterocycles. The zero-order valence-electron chi connectivity index (χ0n) is 10.7. The molecule has 0 saturated carbocycles. The minimum Gasteiger partial charge on any atom is -0.388 e. The number of hydrogen-bond donors (Lipinski definition) is 2. The molecule has 0 spiro atoms. The standard InChI is InChI=1S/C11H14N4O3S2/c1-15-6-4-7(11(15)16)14-20(17,18)8-3-2-5-13-9(8)10(12)19/h2-3,5,7,14H,4,6H2,1H3,(H2,12,19). The Morgan fingerprint density at radius 3 is 2.85 bits per heavy atom. The van der Waals surface area contributed by atoms with Gasteiger partial charge in [0.25, 0.3) is 0 Å². The highest BCUT2D eigenvalue weighted by Gasteiger charge is 2.34. The molecule has 1 aromatic rings. The van der Waals surface area contributed by atoms with Crippen molar-refractivity contribution in [2.45, 2.75) is 17.4 Å². The first kappa shape index (κ1) is 14.8. The average Bonchev–Trinajstić information content (AvgIpc) is 2.70. The molecule has 2 heterocycles. The number of rotatable bonds is 4. The van der Waals surface area contributed by atoms with Crippen molar-refractivity contribution in [2.75, 3.05) is 13.6 Å². The van der Waals surface area contributed by atoms with E-state index in [1.165, 1.54) is 23.2 Å². The van der Waals surface area contributed by atoms with E-state index in [9.17, 15) is 13.2 Å². The summed E-state index contributed by atoms with van der Waals surface area (Å²) in [6, 6.07) is 2.07. The highest BCUT2D eigenvalue weighted by atomic mass is 32.2. The Kier molecular flexibility index (Phi) is 4.02. The number of sulfonamides is 1. The van der Waals surface area contributed by atoms with Gasteiger partial charge in [-0.2, -0.15) is 4.72 Å². The van der Waals surface area contributed by atoms with Crippen molar-refractivity contribution >= 4 is 33.1 Å². The number of nitrogens with zero attached hydrogens (tertiary/aromatic N) is 2. The largest absolute Gasteiger partial charge is 0.388 e. The van der Waals surface area contributed by atoms with E-state index in [1.807, 2.05) is 0 Å². The van der Waals surface area contributed by atoms with E-state index in [0.29, 0.717) is 13.0 Å². The number of pyridine rings is 1. The number of carbonyl (C=O) groups is 1. The van der Waals surface area contributed by atoms with Crippen LogP contribution in [-0.4, -0.2) is 48.8 Å². The maximum absolute atomic E-state index is 12.3. The molecule has 1 aromatic heterocycles. The number of thiocarbonyl (C=S) groups is 1. The smallest absolute Gasteiger partial charge is 0.243 e. The average molecular weight is 314 g/mol. The Morgan fingerprint density at radius 1 is 1.60 bits per heavy atom. The number of carbonyl (C=O) groups excluding carboxylic acids is 1. The summed E-state index contributed by atoms with van der Waals surface area (Å²) in [6.45, 7) is 0.515. The number of nitrogens with one attached hydrogen (secondary N) is 1. The van der Waals surface area contributed by atoms with Crippen LogP contribution in [0.3, 0.4) is 0 Å². The second-order valence-electron chi connectivity index (χ2n) is 4.44. The van der Waals surface area contributed by atoms with Gasteiger partial charge in [0.05, 0.1) is 0 Å². The van der Waals surface area contributed by atoms with Crippen molar-refractivity contribution in [3.8, 4) is 0 Å². The molecule has 1 fully saturated rings. The summed E-state index contributed by atoms with van der Waals surface area (Å²) in [4.78, 5) is 16.9. The number of likely N-dealkylation sites (tertiary alicyclic amines) is 1. The molecule has 1 atom stereocenters. The lowest BCUT2D eigenvalue weighted by Gasteiger charge is -2.14. The van der Waals surface area contributed by atoms with E-state index in [4.69, 9.17) is 18.0 Å². The van der Waals surface area contributed by atoms with E-state index in [2.05, 4.69) is 9.71 Å². The lowest BCUT2D eigenvalue weighted by Crippen LogP contribution is -2.41. The molecule has 1 aliphatic heterocycles. The van der Waals surface area contributed by atoms with E-state index in [0.717, 1.165) is 0 Å². The third-order valence-corrected chi connectivity index (χ3v) is 4.72. The minimum atomic E-state index is -3.90. The number of nitrogens with two attached hydrogens (primary N) is 1. The lowest BCUT2D eigenvalue weighted by molar-refractivity contribution is -0.127. The van der Waals surface area contributed by atoms with Crippen LogP contribution in [0.2, 0.25) is 0 Å². The van der Waals surface area contributed by atoms with Gasteiger partial charge in [0.1, 0.15) is 21.6 Å². The molecule has 1 amide bonds. The predicted molar refractivity (Wildman–Crippen MR) is 76.5 cm³/mol. The molecule has 9 heteroatoms. The Balaban J connectivity index is 2.32. The topological polar surface area (TPSA) is 105 Å². The Bertz CT molecular complexity index is 659. The monoisotopic (exact) mass is 314 g/mol. The van der Waals surface area contributed by atoms with E-state index in [1.54, 1.807) is 7.05 Å². The highest BCUT2D eigenvalue weighted by molar-refractivity contribution is 7.89. The minimum absolute atomic E-state index is 0.0220. The van der Waals surface area contributed by atoms with Crippen molar-refractivity contribution in [1.82, 2.24) is 14.6 Å². The summed E-state index contributed by atoms with van der Waals surface area (Å²) in [5, 5.41) is 0. The van der Waals surface area contributed by atoms with E-state index in [-0.39, 0.29) is 21.5 Å². The molecular weight excluding hydrogens is 300 g/mol. The van der Waals surface area contributed by atoms with Crippen LogP contribution in [0.4, 0.5) is 0 Å². The molecule has 2 rings (SSSR count). The number of hydrogen-bond acceptors (Lipinski definition) is 5. The highest BCUT2D eigenvalue weighted by Crippen LogP contribution is 2.16. The fraction of sp³-hybridized carbons (Fsp3) is 0.364. The molecular formula is C11H14N4O3S2. The van der Waals surface area contributed by atoms with Crippen LogP contribution in [0.1, 0.15) is 12.1 Å². The molecule has 7 nitrogen and oxygen atoms in total. The SMILES string of the molecule is CN1CCC(NS(=O)(=O)c2cccnc2C(N)=S)C1=O. The van der Waals surface area contributed by atoms with Crippen LogP contribution in [0.25, 0.3) is 0 Å². The van der Waals surface area contributed by atoms with Crippen molar-refractivity contribution in [3.05, 3.63) is 24.0 Å². The molecule has 3 N–H and O–H groups in total. The van der Waals surface area contributed by atoms with Crippen LogP contribution in [0.15, 0.2) is 23.2 Å². The summed E-state index contributed by atoms with van der Waals surface area (Å²) in [6.07, 6.45) is 1.83. The van der Waals surface area contributed by atoms with Gasteiger partial charge in [0.2, 0.25) is 15.9 Å². The van der Waals surface area contributed by atoms with Gasteiger partial charge in [-0.25, -0.2) is 8.42 Å². The summed E-state index contributed by atoms with van der Waals surface area (Å²) < 4.78 is 27.0. The van der Waals surface area contributed by atoms with Gasteiger partial charge in [-0.1, -0.05) is 12.2 Å². The van der Waals surface area contributed by atoms with Gasteiger partial charge in [-0.05, 0) is 18.6 Å². The van der Waals surface area contributed by atoms with Crippen LogP contribution < -0.4 is 10.5 Å². The fourth-order valence-electron chi connectivity index (χ4n) is 1.97. The fourth-order valence-corrected chi connectivity index (χ4v) is 3.60. The maximum atomic E-state index is 12.3. The molecule has 20 heavy (non-hydrogen) atoms. The van der Waals surface area contributed by atoms with Gasteiger partial charge in [0, 0.05) is 19.8 Å². The molecule has 0 radical (unpaired) electrons. The van der Waals surface area contributed by atoms with Gasteiger partial charge < -0.3 is 10.6 Å². The normalized spacial score (nSPS) is 19.4. The first-order chi connectivity index (χ1) is 9.33. The first-order valence-electron chi connectivity index (χ1n) is 5.85. The second-order valence-corrected chi connectivity index (χ2v) is 6.56. The van der Waals surface area contributed by atoms with Crippen LogP contribution >= 0.6 is 12.2 Å². The van der Waals surface area contributed by atoms with Crippen LogP contribution in [0, 0.1) is 0 Å². The van der Waals surface area contributed by atoms with E-state index < -0.39 is 16.1 Å². The summed E-state index contributed by atoms with van der Waals surface area (Å²) in [5.41, 5.74) is 5.49.